The van der Waals surface area contributed by atoms with Gasteiger partial charge in [0.25, 0.3) is 5.91 Å². The van der Waals surface area contributed by atoms with E-state index in [4.69, 9.17) is 0 Å². The van der Waals surface area contributed by atoms with Gasteiger partial charge in [-0.05, 0) is 51.4 Å². The maximum absolute atomic E-state index is 13.0. The van der Waals surface area contributed by atoms with Crippen LogP contribution in [0.1, 0.15) is 46.6 Å². The van der Waals surface area contributed by atoms with Crippen molar-refractivity contribution in [2.24, 2.45) is 0 Å². The number of rotatable bonds is 3. The zero-order valence-corrected chi connectivity index (χ0v) is 14.9. The number of carbonyl (C=O) groups is 1. The zero-order valence-electron chi connectivity index (χ0n) is 14.9. The second-order valence-electron chi connectivity index (χ2n) is 7.26. The SMILES string of the molecule is Cc1cccc(C(=O)N2CCCn3cnc(CN4CCCC4)c3C2)c1. The molecule has 1 amide bonds. The molecule has 0 radical (unpaired) electrons. The molecule has 2 aromatic rings. The molecule has 1 fully saturated rings. The highest BCUT2D eigenvalue weighted by atomic mass is 16.2. The lowest BCUT2D eigenvalue weighted by molar-refractivity contribution is 0.0745. The molecule has 1 aromatic carbocycles. The maximum atomic E-state index is 13.0. The Bertz CT molecular complexity index is 761. The van der Waals surface area contributed by atoms with E-state index in [1.807, 2.05) is 42.4 Å². The van der Waals surface area contributed by atoms with Crippen molar-refractivity contribution in [3.05, 3.63) is 53.1 Å². The molecule has 0 unspecified atom stereocenters. The maximum Gasteiger partial charge on any atom is 0.254 e. The number of amides is 1. The normalized spacial score (nSPS) is 18.2. The Morgan fingerprint density at radius 1 is 1.12 bits per heavy atom. The number of aryl methyl sites for hydroxylation is 2. The van der Waals surface area contributed by atoms with Crippen LogP contribution in [0.3, 0.4) is 0 Å². The number of imidazole rings is 1. The van der Waals surface area contributed by atoms with Crippen LogP contribution < -0.4 is 0 Å². The summed E-state index contributed by atoms with van der Waals surface area (Å²) in [5.74, 6) is 0.130. The van der Waals surface area contributed by atoms with E-state index in [9.17, 15) is 4.79 Å². The predicted octanol–water partition coefficient (Wildman–Crippen LogP) is 2.83. The van der Waals surface area contributed by atoms with Gasteiger partial charge in [0.05, 0.1) is 24.3 Å². The van der Waals surface area contributed by atoms with Crippen molar-refractivity contribution in [3.8, 4) is 0 Å². The fraction of sp³-hybridized carbons (Fsp3) is 0.500. The van der Waals surface area contributed by atoms with Crippen molar-refractivity contribution in [3.63, 3.8) is 0 Å². The van der Waals surface area contributed by atoms with Crippen LogP contribution >= 0.6 is 0 Å². The molecule has 0 N–H and O–H groups in total. The van der Waals surface area contributed by atoms with Gasteiger partial charge in [0.1, 0.15) is 0 Å². The summed E-state index contributed by atoms with van der Waals surface area (Å²) >= 11 is 0. The average Bonchev–Trinajstić information content (AvgIpc) is 3.20. The highest BCUT2D eigenvalue weighted by Crippen LogP contribution is 2.21. The predicted molar refractivity (Wildman–Crippen MR) is 97.3 cm³/mol. The molecule has 0 spiro atoms. The summed E-state index contributed by atoms with van der Waals surface area (Å²) in [6, 6.07) is 7.89. The number of nitrogens with zero attached hydrogens (tertiary/aromatic N) is 4. The van der Waals surface area contributed by atoms with E-state index in [-0.39, 0.29) is 5.91 Å². The van der Waals surface area contributed by atoms with Gasteiger partial charge in [0, 0.05) is 25.2 Å². The molecule has 0 atom stereocenters. The first-order valence-corrected chi connectivity index (χ1v) is 9.32. The quantitative estimate of drug-likeness (QED) is 0.864. The van der Waals surface area contributed by atoms with Gasteiger partial charge in [-0.1, -0.05) is 17.7 Å². The molecule has 0 bridgehead atoms. The van der Waals surface area contributed by atoms with Gasteiger partial charge < -0.3 is 9.47 Å². The van der Waals surface area contributed by atoms with Gasteiger partial charge in [-0.3, -0.25) is 9.69 Å². The van der Waals surface area contributed by atoms with Crippen molar-refractivity contribution in [1.82, 2.24) is 19.4 Å². The highest BCUT2D eigenvalue weighted by molar-refractivity contribution is 5.94. The highest BCUT2D eigenvalue weighted by Gasteiger charge is 2.24. The summed E-state index contributed by atoms with van der Waals surface area (Å²) in [7, 11) is 0. The van der Waals surface area contributed by atoms with Crippen LogP contribution in [0.25, 0.3) is 0 Å². The summed E-state index contributed by atoms with van der Waals surface area (Å²) in [5, 5.41) is 0. The van der Waals surface area contributed by atoms with Crippen molar-refractivity contribution in [1.29, 1.82) is 0 Å². The zero-order chi connectivity index (χ0) is 17.2. The first-order valence-electron chi connectivity index (χ1n) is 9.32. The molecule has 0 aliphatic carbocycles. The van der Waals surface area contributed by atoms with Crippen LogP contribution in [0.15, 0.2) is 30.6 Å². The van der Waals surface area contributed by atoms with Crippen LogP contribution in [-0.4, -0.2) is 44.9 Å². The standard InChI is InChI=1S/C20H26N4O/c1-16-6-4-7-17(12-16)20(25)23-10-5-11-24-15-21-18(19(24)14-23)13-22-8-2-3-9-22/h4,6-7,12,15H,2-3,5,8-11,13-14H2,1H3. The van der Waals surface area contributed by atoms with Crippen molar-refractivity contribution in [2.45, 2.75) is 45.8 Å². The average molecular weight is 338 g/mol. The van der Waals surface area contributed by atoms with E-state index in [0.29, 0.717) is 6.54 Å². The molecule has 4 rings (SSSR count). The van der Waals surface area contributed by atoms with E-state index in [1.165, 1.54) is 18.5 Å². The van der Waals surface area contributed by atoms with Gasteiger partial charge in [-0.2, -0.15) is 0 Å². The number of carbonyl (C=O) groups excluding carboxylic acids is 1. The smallest absolute Gasteiger partial charge is 0.254 e. The number of likely N-dealkylation sites (tertiary alicyclic amines) is 1. The van der Waals surface area contributed by atoms with Gasteiger partial charge in [-0.15, -0.1) is 0 Å². The largest absolute Gasteiger partial charge is 0.333 e. The summed E-state index contributed by atoms with van der Waals surface area (Å²) in [6.45, 7) is 7.68. The van der Waals surface area contributed by atoms with Crippen LogP contribution in [-0.2, 0) is 19.6 Å². The molecule has 25 heavy (non-hydrogen) atoms. The summed E-state index contributed by atoms with van der Waals surface area (Å²) in [5.41, 5.74) is 4.27. The van der Waals surface area contributed by atoms with Gasteiger partial charge in [-0.25, -0.2) is 4.98 Å². The Morgan fingerprint density at radius 3 is 2.76 bits per heavy atom. The van der Waals surface area contributed by atoms with Crippen molar-refractivity contribution in [2.75, 3.05) is 19.6 Å². The Labute approximate surface area is 149 Å². The molecule has 1 saturated heterocycles. The van der Waals surface area contributed by atoms with E-state index in [1.54, 1.807) is 0 Å². The van der Waals surface area contributed by atoms with E-state index in [2.05, 4.69) is 14.5 Å². The lowest BCUT2D eigenvalue weighted by atomic mass is 10.1. The molecule has 2 aliphatic rings. The summed E-state index contributed by atoms with van der Waals surface area (Å²) in [6.07, 6.45) is 5.51. The molecular weight excluding hydrogens is 312 g/mol. The minimum absolute atomic E-state index is 0.130. The van der Waals surface area contributed by atoms with Crippen LogP contribution in [0.5, 0.6) is 0 Å². The monoisotopic (exact) mass is 338 g/mol. The third-order valence-electron chi connectivity index (χ3n) is 5.32. The number of aromatic nitrogens is 2. The Morgan fingerprint density at radius 2 is 1.96 bits per heavy atom. The van der Waals surface area contributed by atoms with Gasteiger partial charge >= 0.3 is 0 Å². The first-order chi connectivity index (χ1) is 12.2. The minimum Gasteiger partial charge on any atom is -0.333 e. The van der Waals surface area contributed by atoms with Gasteiger partial charge in [0.2, 0.25) is 0 Å². The molecule has 2 aliphatic heterocycles. The third kappa shape index (κ3) is 3.47. The number of benzene rings is 1. The van der Waals surface area contributed by atoms with E-state index < -0.39 is 0 Å². The third-order valence-corrected chi connectivity index (χ3v) is 5.32. The number of hydrogen-bond donors (Lipinski definition) is 0. The fourth-order valence-corrected chi connectivity index (χ4v) is 3.93. The second kappa shape index (κ2) is 7.00. The molecule has 1 aromatic heterocycles. The first kappa shape index (κ1) is 16.3. The van der Waals surface area contributed by atoms with Crippen molar-refractivity contribution >= 4 is 5.91 Å². The van der Waals surface area contributed by atoms with Crippen LogP contribution in [0, 0.1) is 6.92 Å². The number of hydrogen-bond acceptors (Lipinski definition) is 3. The topological polar surface area (TPSA) is 41.4 Å². The molecule has 3 heterocycles. The van der Waals surface area contributed by atoms with Crippen molar-refractivity contribution < 1.29 is 4.79 Å². The van der Waals surface area contributed by atoms with E-state index >= 15 is 0 Å². The number of fused-ring (bicyclic) bond motifs is 1. The molecular formula is C20H26N4O. The molecule has 5 heteroatoms. The Kier molecular flexibility index (Phi) is 4.57. The molecule has 0 saturated carbocycles. The second-order valence-corrected chi connectivity index (χ2v) is 7.26. The Hall–Kier alpha value is -2.14. The van der Waals surface area contributed by atoms with Gasteiger partial charge in [0.15, 0.2) is 0 Å². The Balaban J connectivity index is 1.55. The molecule has 132 valence electrons. The van der Waals surface area contributed by atoms with Crippen LogP contribution in [0.4, 0.5) is 0 Å². The minimum atomic E-state index is 0.130. The lowest BCUT2D eigenvalue weighted by Gasteiger charge is -2.22. The molecule has 5 nitrogen and oxygen atoms in total. The fourth-order valence-electron chi connectivity index (χ4n) is 3.93. The summed E-state index contributed by atoms with van der Waals surface area (Å²) < 4.78 is 2.24. The lowest BCUT2D eigenvalue weighted by Crippen LogP contribution is -2.31. The van der Waals surface area contributed by atoms with E-state index in [0.717, 1.165) is 56.0 Å². The summed E-state index contributed by atoms with van der Waals surface area (Å²) in [4.78, 5) is 22.1. The van der Waals surface area contributed by atoms with Crippen LogP contribution in [0.2, 0.25) is 0 Å².